The molecule has 134 valence electrons. The number of rotatable bonds is 2. The van der Waals surface area contributed by atoms with Gasteiger partial charge in [0.15, 0.2) is 0 Å². The van der Waals surface area contributed by atoms with Crippen LogP contribution in [0.15, 0.2) is 47.4 Å². The highest BCUT2D eigenvalue weighted by Crippen LogP contribution is 2.49. The maximum atomic E-state index is 13.3. The number of hydrogen-bond donors (Lipinski definition) is 0. The average Bonchev–Trinajstić information content (AvgIpc) is 3.27. The van der Waals surface area contributed by atoms with Crippen molar-refractivity contribution in [3.05, 3.63) is 48.0 Å². The molecular formula is C20H20N2O3S. The lowest BCUT2D eigenvalue weighted by Gasteiger charge is -2.12. The van der Waals surface area contributed by atoms with Gasteiger partial charge < -0.3 is 9.64 Å². The van der Waals surface area contributed by atoms with Crippen LogP contribution < -0.4 is 4.74 Å². The second kappa shape index (κ2) is 5.34. The van der Waals surface area contributed by atoms with Crippen molar-refractivity contribution in [3.63, 3.8) is 0 Å². The Kier molecular flexibility index (Phi) is 3.27. The first-order valence-corrected chi connectivity index (χ1v) is 10.2. The molecule has 26 heavy (non-hydrogen) atoms. The Hall–Kier alpha value is -2.31. The fourth-order valence-corrected chi connectivity index (χ4v) is 6.20. The largest absolute Gasteiger partial charge is 0.497 e. The first-order valence-electron chi connectivity index (χ1n) is 8.78. The minimum absolute atomic E-state index is 0.327. The summed E-state index contributed by atoms with van der Waals surface area (Å²) in [4.78, 5) is 2.70. The number of ether oxygens (including phenoxy) is 1. The molecular weight excluding hydrogens is 348 g/mol. The summed E-state index contributed by atoms with van der Waals surface area (Å²) in [6.45, 7) is 1.97. The lowest BCUT2D eigenvalue weighted by atomic mass is 9.92. The molecule has 0 spiro atoms. The number of likely N-dealkylation sites (tertiary alicyclic amines) is 1. The van der Waals surface area contributed by atoms with Crippen LogP contribution >= 0.6 is 0 Å². The van der Waals surface area contributed by atoms with Gasteiger partial charge >= 0.3 is 0 Å². The third-order valence-electron chi connectivity index (χ3n) is 5.63. The highest BCUT2D eigenvalue weighted by Gasteiger charge is 2.39. The maximum absolute atomic E-state index is 13.3. The van der Waals surface area contributed by atoms with Crippen LogP contribution in [0, 0.1) is 0 Å². The van der Waals surface area contributed by atoms with Crippen molar-refractivity contribution in [2.24, 2.45) is 0 Å². The predicted octanol–water partition coefficient (Wildman–Crippen LogP) is 3.29. The number of likely N-dealkylation sites (N-methyl/N-ethyl adjacent to an activating group) is 1. The molecule has 1 saturated heterocycles. The number of fused-ring (bicyclic) bond motifs is 5. The van der Waals surface area contributed by atoms with Crippen molar-refractivity contribution in [3.8, 4) is 17.0 Å². The maximum Gasteiger partial charge on any atom is 0.269 e. The minimum atomic E-state index is -3.59. The molecule has 0 amide bonds. The van der Waals surface area contributed by atoms with Gasteiger partial charge in [0.25, 0.3) is 10.0 Å². The van der Waals surface area contributed by atoms with Crippen LogP contribution in [0.5, 0.6) is 5.75 Å². The normalized spacial score (nSPS) is 21.1. The lowest BCUT2D eigenvalue weighted by molar-refractivity contribution is 0.412. The van der Waals surface area contributed by atoms with Crippen molar-refractivity contribution < 1.29 is 13.2 Å². The summed E-state index contributed by atoms with van der Waals surface area (Å²) in [5.74, 6) is 0.993. The predicted molar refractivity (Wildman–Crippen MR) is 101 cm³/mol. The van der Waals surface area contributed by atoms with Crippen molar-refractivity contribution in [1.82, 2.24) is 8.87 Å². The zero-order chi connectivity index (χ0) is 18.1. The van der Waals surface area contributed by atoms with E-state index in [0.717, 1.165) is 41.7 Å². The Morgan fingerprint density at radius 3 is 2.69 bits per heavy atom. The first kappa shape index (κ1) is 15.9. The molecule has 0 aliphatic carbocycles. The van der Waals surface area contributed by atoms with Gasteiger partial charge in [0.1, 0.15) is 5.75 Å². The summed E-state index contributed by atoms with van der Waals surface area (Å²) in [6.07, 6.45) is 1.04. The summed E-state index contributed by atoms with van der Waals surface area (Å²) in [5.41, 5.74) is 3.51. The number of aromatic nitrogens is 1. The van der Waals surface area contributed by atoms with Gasteiger partial charge in [-0.05, 0) is 43.8 Å². The molecule has 1 atom stereocenters. The number of benzene rings is 2. The highest BCUT2D eigenvalue weighted by atomic mass is 32.2. The Balaban J connectivity index is 1.92. The fraction of sp³-hybridized carbons (Fsp3) is 0.300. The van der Waals surface area contributed by atoms with Crippen molar-refractivity contribution >= 4 is 20.9 Å². The van der Waals surface area contributed by atoms with Crippen LogP contribution in [0.2, 0.25) is 0 Å². The van der Waals surface area contributed by atoms with Gasteiger partial charge in [0.2, 0.25) is 0 Å². The Labute approximate surface area is 152 Å². The van der Waals surface area contributed by atoms with Crippen LogP contribution in [0.4, 0.5) is 0 Å². The molecule has 0 N–H and O–H groups in total. The van der Waals surface area contributed by atoms with Crippen LogP contribution in [0.1, 0.15) is 17.9 Å². The standard InChI is InChI=1S/C20H20N2O3S/c1-21-10-9-13(12-21)19-15-8-7-14(25-2)11-17(15)22-20(19)16-5-3-4-6-18(16)26(22,23)24/h3-8,11,13H,9-10,12H2,1-2H3. The van der Waals surface area contributed by atoms with Gasteiger partial charge in [-0.15, -0.1) is 0 Å². The van der Waals surface area contributed by atoms with Crippen LogP contribution in [-0.4, -0.2) is 44.5 Å². The van der Waals surface area contributed by atoms with Gasteiger partial charge in [-0.1, -0.05) is 18.2 Å². The van der Waals surface area contributed by atoms with Gasteiger partial charge in [0.05, 0.1) is 23.2 Å². The third kappa shape index (κ3) is 1.97. The van der Waals surface area contributed by atoms with Crippen molar-refractivity contribution in [2.75, 3.05) is 27.2 Å². The minimum Gasteiger partial charge on any atom is -0.497 e. The smallest absolute Gasteiger partial charge is 0.269 e. The van der Waals surface area contributed by atoms with Crippen LogP contribution in [0.3, 0.4) is 0 Å². The monoisotopic (exact) mass is 368 g/mol. The Morgan fingerprint density at radius 1 is 1.15 bits per heavy atom. The summed E-state index contributed by atoms with van der Waals surface area (Å²) in [5, 5.41) is 1.01. The molecule has 1 unspecified atom stereocenters. The molecule has 2 aliphatic heterocycles. The van der Waals surface area contributed by atoms with Gasteiger partial charge in [0, 0.05) is 29.5 Å². The summed E-state index contributed by atoms with van der Waals surface area (Å²) in [6, 6.07) is 13.1. The van der Waals surface area contributed by atoms with E-state index < -0.39 is 10.0 Å². The van der Waals surface area contributed by atoms with E-state index in [9.17, 15) is 8.42 Å². The highest BCUT2D eigenvalue weighted by molar-refractivity contribution is 7.90. The second-order valence-corrected chi connectivity index (χ2v) is 8.91. The first-order chi connectivity index (χ1) is 12.5. The van der Waals surface area contributed by atoms with Crippen molar-refractivity contribution in [2.45, 2.75) is 17.2 Å². The number of nitrogens with zero attached hydrogens (tertiary/aromatic N) is 2. The Bertz CT molecular complexity index is 1150. The zero-order valence-corrected chi connectivity index (χ0v) is 15.6. The lowest BCUT2D eigenvalue weighted by Crippen LogP contribution is -2.13. The molecule has 6 heteroatoms. The summed E-state index contributed by atoms with van der Waals surface area (Å²) >= 11 is 0. The van der Waals surface area contributed by atoms with E-state index in [1.807, 2.05) is 30.3 Å². The molecule has 3 aromatic rings. The van der Waals surface area contributed by atoms with E-state index in [2.05, 4.69) is 11.9 Å². The van der Waals surface area contributed by atoms with Gasteiger partial charge in [-0.25, -0.2) is 12.4 Å². The number of hydrogen-bond acceptors (Lipinski definition) is 4. The van der Waals surface area contributed by atoms with E-state index in [1.54, 1.807) is 19.2 Å². The molecule has 3 heterocycles. The average molecular weight is 368 g/mol. The third-order valence-corrected chi connectivity index (χ3v) is 7.40. The van der Waals surface area contributed by atoms with E-state index in [0.29, 0.717) is 22.1 Å². The fourth-order valence-electron chi connectivity index (χ4n) is 4.47. The Morgan fingerprint density at radius 2 is 1.96 bits per heavy atom. The van der Waals surface area contributed by atoms with E-state index in [4.69, 9.17) is 4.74 Å². The van der Waals surface area contributed by atoms with Crippen molar-refractivity contribution in [1.29, 1.82) is 0 Å². The molecule has 1 fully saturated rings. The molecule has 1 aromatic heterocycles. The molecule has 0 saturated carbocycles. The second-order valence-electron chi connectivity index (χ2n) is 7.16. The zero-order valence-electron chi connectivity index (χ0n) is 14.8. The SMILES string of the molecule is COc1ccc2c(C3CCN(C)C3)c3n(c2c1)S(=O)(=O)c1ccccc1-3. The number of methoxy groups -OCH3 is 1. The van der Waals surface area contributed by atoms with Crippen LogP contribution in [0.25, 0.3) is 22.2 Å². The van der Waals surface area contributed by atoms with E-state index in [-0.39, 0.29) is 0 Å². The van der Waals surface area contributed by atoms with E-state index in [1.165, 1.54) is 3.97 Å². The van der Waals surface area contributed by atoms with Crippen LogP contribution in [-0.2, 0) is 10.0 Å². The van der Waals surface area contributed by atoms with E-state index >= 15 is 0 Å². The molecule has 0 radical (unpaired) electrons. The molecule has 2 aliphatic rings. The quantitative estimate of drug-likeness (QED) is 0.545. The van der Waals surface area contributed by atoms with Gasteiger partial charge in [-0.2, -0.15) is 0 Å². The van der Waals surface area contributed by atoms with Gasteiger partial charge in [-0.3, -0.25) is 0 Å². The molecule has 2 aromatic carbocycles. The summed E-state index contributed by atoms with van der Waals surface area (Å²) in [7, 11) is 0.128. The summed E-state index contributed by atoms with van der Waals surface area (Å²) < 4.78 is 33.5. The topological polar surface area (TPSA) is 51.5 Å². The molecule has 5 nitrogen and oxygen atoms in total. The molecule has 5 rings (SSSR count). The molecule has 0 bridgehead atoms.